The van der Waals surface area contributed by atoms with Gasteiger partial charge in [0.15, 0.2) is 0 Å². The lowest BCUT2D eigenvalue weighted by atomic mass is 9.97. The smallest absolute Gasteiger partial charge is 0.143 e. The first-order valence-corrected chi connectivity index (χ1v) is 34.8. The summed E-state index contributed by atoms with van der Waals surface area (Å²) < 4.78 is 17.9. The van der Waals surface area contributed by atoms with Gasteiger partial charge in [0.05, 0.1) is 22.1 Å². The number of nitrogens with zero attached hydrogens (tertiary/aromatic N) is 4. The second kappa shape index (κ2) is 24.1. The molecule has 102 heavy (non-hydrogen) atoms. The minimum Gasteiger partial charge on any atom is -0.456 e. The molecule has 4 heterocycles. The molecular weight excluding hydrogens is 1240 g/mol. The van der Waals surface area contributed by atoms with E-state index in [1.807, 2.05) is 12.1 Å². The third-order valence-electron chi connectivity index (χ3n) is 20.6. The highest BCUT2D eigenvalue weighted by atomic mass is 16.3. The van der Waals surface area contributed by atoms with Crippen molar-refractivity contribution in [2.45, 2.75) is 0 Å². The summed E-state index contributed by atoms with van der Waals surface area (Å²) in [4.78, 5) is 4.69. The molecule has 0 atom stereocenters. The fourth-order valence-corrected chi connectivity index (χ4v) is 15.6. The van der Waals surface area contributed by atoms with Crippen molar-refractivity contribution in [1.29, 1.82) is 0 Å². The molecule has 0 fully saturated rings. The van der Waals surface area contributed by atoms with Crippen LogP contribution in [-0.2, 0) is 0 Å². The van der Waals surface area contributed by atoms with E-state index >= 15 is 0 Å². The number of para-hydroxylation sites is 6. The van der Waals surface area contributed by atoms with Crippen molar-refractivity contribution < 1.29 is 8.83 Å². The Kier molecular flexibility index (Phi) is 13.8. The van der Waals surface area contributed by atoms with Crippen LogP contribution in [0.2, 0.25) is 0 Å². The molecule has 0 amide bonds. The Bertz CT molecular complexity index is 6470. The van der Waals surface area contributed by atoms with Crippen molar-refractivity contribution in [3.8, 4) is 67.0 Å². The number of hydrogen-bond donors (Lipinski definition) is 0. The van der Waals surface area contributed by atoms with Crippen LogP contribution in [0, 0.1) is 0 Å². The van der Waals surface area contributed by atoms with Crippen LogP contribution in [0.5, 0.6) is 0 Å². The second-order valence-corrected chi connectivity index (χ2v) is 26.4. The van der Waals surface area contributed by atoms with E-state index < -0.39 is 0 Å². The first kappa shape index (κ1) is 58.5. The molecule has 0 aliphatic heterocycles. The molecule has 0 saturated carbocycles. The van der Waals surface area contributed by atoms with Crippen LogP contribution in [0.25, 0.3) is 154 Å². The maximum atomic E-state index is 6.86. The average Bonchev–Trinajstić information content (AvgIpc) is 1.63. The molecule has 0 aliphatic rings. The van der Waals surface area contributed by atoms with Gasteiger partial charge in [0, 0.05) is 94.2 Å². The zero-order valence-electron chi connectivity index (χ0n) is 55.4. The standard InChI is InChI=1S/C96H62N4O2/c1-2-16-63(17-3-1)64-32-42-72(43-33-64)98(77-52-56-79(57-53-77)100-91-29-11-6-22-83(91)84-23-7-12-30-92(84)100)75-48-38-67(39-49-75)80-25-15-26-87-88-61-70(41-59-94(88)102-96(80)87)69-19-14-18-68(60-69)65-34-44-73(45-35-65)97(74-46-36-66(37-47-74)71-40-58-86-85-24-8-13-31-93(85)101-95(86)62-71)76-50-54-78(55-51-76)99-89-27-9-4-20-81(89)82-21-5-10-28-90(82)99/h1-62H. The molecule has 6 nitrogen and oxygen atoms in total. The number of furan rings is 2. The molecule has 6 heteroatoms. The van der Waals surface area contributed by atoms with Gasteiger partial charge < -0.3 is 27.8 Å². The summed E-state index contributed by atoms with van der Waals surface area (Å²) in [5.74, 6) is 0. The van der Waals surface area contributed by atoms with E-state index in [2.05, 4.69) is 383 Å². The molecule has 16 aromatic carbocycles. The van der Waals surface area contributed by atoms with Crippen LogP contribution in [0.4, 0.5) is 34.1 Å². The highest BCUT2D eigenvalue weighted by Crippen LogP contribution is 2.45. The molecule has 0 saturated heterocycles. The topological polar surface area (TPSA) is 42.6 Å². The monoisotopic (exact) mass is 1300 g/mol. The normalized spacial score (nSPS) is 11.7. The lowest BCUT2D eigenvalue weighted by Gasteiger charge is -2.26. The minimum absolute atomic E-state index is 0.851. The van der Waals surface area contributed by atoms with Gasteiger partial charge in [-0.15, -0.1) is 0 Å². The summed E-state index contributed by atoms with van der Waals surface area (Å²) in [5, 5.41) is 9.38. The predicted octanol–water partition coefficient (Wildman–Crippen LogP) is 27.0. The van der Waals surface area contributed by atoms with Gasteiger partial charge in [-0.05, 0) is 208 Å². The molecule has 478 valence electrons. The van der Waals surface area contributed by atoms with Gasteiger partial charge in [0.2, 0.25) is 0 Å². The fourth-order valence-electron chi connectivity index (χ4n) is 15.6. The van der Waals surface area contributed by atoms with E-state index in [0.29, 0.717) is 0 Å². The van der Waals surface area contributed by atoms with Gasteiger partial charge in [-0.3, -0.25) is 0 Å². The molecule has 0 bridgehead atoms. The molecule has 20 rings (SSSR count). The molecule has 4 aromatic heterocycles. The second-order valence-electron chi connectivity index (χ2n) is 26.4. The van der Waals surface area contributed by atoms with Crippen LogP contribution >= 0.6 is 0 Å². The number of hydrogen-bond acceptors (Lipinski definition) is 4. The summed E-state index contributed by atoms with van der Waals surface area (Å²) in [5.41, 5.74) is 28.0. The molecule has 0 unspecified atom stereocenters. The Labute approximate surface area is 588 Å². The third kappa shape index (κ3) is 9.95. The molecule has 0 spiro atoms. The van der Waals surface area contributed by atoms with Crippen molar-refractivity contribution in [2.24, 2.45) is 0 Å². The van der Waals surface area contributed by atoms with E-state index in [1.54, 1.807) is 0 Å². The summed E-state index contributed by atoms with van der Waals surface area (Å²) in [6.07, 6.45) is 0. The summed E-state index contributed by atoms with van der Waals surface area (Å²) in [6.45, 7) is 0. The first-order chi connectivity index (χ1) is 50.5. The zero-order valence-corrected chi connectivity index (χ0v) is 55.4. The van der Waals surface area contributed by atoms with Gasteiger partial charge in [-0.2, -0.15) is 0 Å². The maximum Gasteiger partial charge on any atom is 0.143 e. The Hall–Kier alpha value is -13.7. The van der Waals surface area contributed by atoms with E-state index in [0.717, 1.165) is 134 Å². The van der Waals surface area contributed by atoms with Crippen molar-refractivity contribution >= 4 is 122 Å². The SMILES string of the molecule is c1ccc(-c2ccc(N(c3ccc(-c4cccc5c4oc4ccc(-c6cccc(-c7ccc(N(c8ccc(-c9ccc%10c(c9)oc9ccccc9%10)cc8)c8ccc(-n9c%10ccccc%10c%10ccccc%109)cc8)cc7)c6)cc45)cc3)c3ccc(-n4c5ccccc5c5ccccc54)cc3)cc2)cc1. The van der Waals surface area contributed by atoms with Crippen molar-refractivity contribution in [1.82, 2.24) is 9.13 Å². The molecule has 0 radical (unpaired) electrons. The molecular formula is C96H62N4O2. The van der Waals surface area contributed by atoms with E-state index in [9.17, 15) is 0 Å². The largest absolute Gasteiger partial charge is 0.456 e. The lowest BCUT2D eigenvalue weighted by Crippen LogP contribution is -2.10. The zero-order chi connectivity index (χ0) is 67.2. The number of aromatic nitrogens is 2. The number of fused-ring (bicyclic) bond motifs is 12. The average molecular weight is 1300 g/mol. The van der Waals surface area contributed by atoms with E-state index in [4.69, 9.17) is 8.83 Å². The summed E-state index contributed by atoms with van der Waals surface area (Å²) in [7, 11) is 0. The third-order valence-corrected chi connectivity index (χ3v) is 20.6. The highest BCUT2D eigenvalue weighted by Gasteiger charge is 2.21. The number of benzene rings is 16. The van der Waals surface area contributed by atoms with E-state index in [1.165, 1.54) is 54.7 Å². The van der Waals surface area contributed by atoms with Crippen LogP contribution in [0.3, 0.4) is 0 Å². The summed E-state index contributed by atoms with van der Waals surface area (Å²) >= 11 is 0. The summed E-state index contributed by atoms with van der Waals surface area (Å²) in [6, 6.07) is 136. The van der Waals surface area contributed by atoms with Crippen LogP contribution < -0.4 is 9.80 Å². The first-order valence-electron chi connectivity index (χ1n) is 34.8. The maximum absolute atomic E-state index is 6.86. The van der Waals surface area contributed by atoms with Gasteiger partial charge in [0.1, 0.15) is 22.3 Å². The Morgan fingerprint density at radius 3 is 1.03 bits per heavy atom. The fraction of sp³-hybridized carbons (Fsp3) is 0. The number of rotatable bonds is 13. The predicted molar refractivity (Wildman–Crippen MR) is 426 cm³/mol. The Balaban J connectivity index is 0.604. The minimum atomic E-state index is 0.851. The molecule has 0 aliphatic carbocycles. The lowest BCUT2D eigenvalue weighted by molar-refractivity contribution is 0.669. The van der Waals surface area contributed by atoms with Gasteiger partial charge in [-0.1, -0.05) is 218 Å². The molecule has 0 N–H and O–H groups in total. The Morgan fingerprint density at radius 1 is 0.186 bits per heavy atom. The Morgan fingerprint density at radius 2 is 0.520 bits per heavy atom. The van der Waals surface area contributed by atoms with Crippen LogP contribution in [-0.4, -0.2) is 9.13 Å². The van der Waals surface area contributed by atoms with E-state index in [-0.39, 0.29) is 0 Å². The van der Waals surface area contributed by atoms with Gasteiger partial charge in [-0.25, -0.2) is 0 Å². The quantitative estimate of drug-likeness (QED) is 0.115. The van der Waals surface area contributed by atoms with Crippen molar-refractivity contribution in [2.75, 3.05) is 9.80 Å². The highest BCUT2D eigenvalue weighted by molar-refractivity contribution is 6.13. The number of anilines is 6. The van der Waals surface area contributed by atoms with Crippen LogP contribution in [0.1, 0.15) is 0 Å². The van der Waals surface area contributed by atoms with Crippen molar-refractivity contribution in [3.05, 3.63) is 376 Å². The van der Waals surface area contributed by atoms with Crippen LogP contribution in [0.15, 0.2) is 385 Å². The van der Waals surface area contributed by atoms with Gasteiger partial charge >= 0.3 is 0 Å². The van der Waals surface area contributed by atoms with Gasteiger partial charge in [0.25, 0.3) is 0 Å². The molecule has 20 aromatic rings. The van der Waals surface area contributed by atoms with Crippen molar-refractivity contribution in [3.63, 3.8) is 0 Å².